The monoisotopic (exact) mass is 437 g/mol. The zero-order valence-corrected chi connectivity index (χ0v) is 18.5. The van der Waals surface area contributed by atoms with Crippen molar-refractivity contribution in [3.8, 4) is 11.4 Å². The van der Waals surface area contributed by atoms with Crippen molar-refractivity contribution in [2.24, 2.45) is 5.73 Å². The van der Waals surface area contributed by atoms with Gasteiger partial charge in [0.15, 0.2) is 5.82 Å². The molecule has 1 fully saturated rings. The van der Waals surface area contributed by atoms with E-state index in [2.05, 4.69) is 21.5 Å². The maximum Gasteiger partial charge on any atom is 0.244 e. The second kappa shape index (κ2) is 8.18. The number of ether oxygens (including phenoxy) is 1. The highest BCUT2D eigenvalue weighted by Crippen LogP contribution is 2.44. The van der Waals surface area contributed by atoms with Crippen LogP contribution >= 0.6 is 11.3 Å². The number of hydrogen-bond acceptors (Lipinski definition) is 6. The molecule has 0 saturated carbocycles. The number of rotatable bonds is 4. The predicted octanol–water partition coefficient (Wildman–Crippen LogP) is 3.12. The summed E-state index contributed by atoms with van der Waals surface area (Å²) in [6, 6.07) is 11.7. The van der Waals surface area contributed by atoms with E-state index >= 15 is 0 Å². The van der Waals surface area contributed by atoms with Crippen LogP contribution < -0.4 is 5.73 Å². The van der Waals surface area contributed by atoms with Gasteiger partial charge in [-0.15, -0.1) is 11.3 Å². The van der Waals surface area contributed by atoms with E-state index in [-0.39, 0.29) is 24.1 Å². The Hall–Kier alpha value is -2.55. The van der Waals surface area contributed by atoms with Gasteiger partial charge in [0.05, 0.1) is 12.6 Å². The maximum atomic E-state index is 13.1. The average molecular weight is 438 g/mol. The van der Waals surface area contributed by atoms with Gasteiger partial charge in [0.1, 0.15) is 18.0 Å². The number of nitrogens with two attached hydrogens (primary N) is 1. The van der Waals surface area contributed by atoms with Crippen molar-refractivity contribution in [1.29, 1.82) is 0 Å². The fourth-order valence-corrected chi connectivity index (χ4v) is 5.76. The highest BCUT2D eigenvalue weighted by atomic mass is 32.1. The van der Waals surface area contributed by atoms with Crippen LogP contribution in [0.5, 0.6) is 0 Å². The summed E-state index contributed by atoms with van der Waals surface area (Å²) in [5.41, 5.74) is 8.23. The lowest BCUT2D eigenvalue weighted by Gasteiger charge is -2.43. The highest BCUT2D eigenvalue weighted by Gasteiger charge is 2.42. The third-order valence-electron chi connectivity index (χ3n) is 6.26. The lowest BCUT2D eigenvalue weighted by atomic mass is 9.85. The molecule has 1 aromatic carbocycles. The topological polar surface area (TPSA) is 86.3 Å². The zero-order chi connectivity index (χ0) is 21.4. The number of amides is 1. The second-order valence-electron chi connectivity index (χ2n) is 8.35. The Kier molecular flexibility index (Phi) is 5.37. The molecular formula is C23H27N5O2S. The van der Waals surface area contributed by atoms with Gasteiger partial charge in [0.25, 0.3) is 0 Å². The number of benzene rings is 1. The van der Waals surface area contributed by atoms with Crippen molar-refractivity contribution < 1.29 is 9.53 Å². The van der Waals surface area contributed by atoms with Crippen molar-refractivity contribution in [3.63, 3.8) is 0 Å². The zero-order valence-electron chi connectivity index (χ0n) is 17.7. The van der Waals surface area contributed by atoms with Crippen LogP contribution in [0, 0.1) is 0 Å². The van der Waals surface area contributed by atoms with Crippen LogP contribution in [-0.2, 0) is 28.1 Å². The van der Waals surface area contributed by atoms with Crippen molar-refractivity contribution in [3.05, 3.63) is 58.0 Å². The largest absolute Gasteiger partial charge is 0.369 e. The fraction of sp³-hybridized carbons (Fsp3) is 0.435. The number of carbonyl (C=O) groups is 1. The minimum Gasteiger partial charge on any atom is -0.369 e. The number of likely N-dealkylation sites (tertiary alicyclic amines) is 1. The van der Waals surface area contributed by atoms with Gasteiger partial charge in [-0.25, -0.2) is 9.67 Å². The Morgan fingerprint density at radius 1 is 1.26 bits per heavy atom. The number of piperidine rings is 1. The lowest BCUT2D eigenvalue weighted by molar-refractivity contribution is -0.141. The quantitative estimate of drug-likeness (QED) is 0.678. The van der Waals surface area contributed by atoms with Gasteiger partial charge in [0, 0.05) is 23.5 Å². The molecular weight excluding hydrogens is 410 g/mol. The van der Waals surface area contributed by atoms with Crippen LogP contribution in [0.2, 0.25) is 0 Å². The Morgan fingerprint density at radius 3 is 2.77 bits per heavy atom. The second-order valence-corrected chi connectivity index (χ2v) is 9.27. The van der Waals surface area contributed by atoms with Gasteiger partial charge in [-0.2, -0.15) is 5.10 Å². The summed E-state index contributed by atoms with van der Waals surface area (Å²) in [4.78, 5) is 21.0. The number of fused-ring (bicyclic) bond motifs is 2. The first kappa shape index (κ1) is 20.4. The van der Waals surface area contributed by atoms with E-state index in [0.717, 1.165) is 31.4 Å². The molecule has 3 aromatic rings. The number of aromatic nitrogens is 3. The van der Waals surface area contributed by atoms with Crippen LogP contribution in [0.3, 0.4) is 0 Å². The van der Waals surface area contributed by atoms with E-state index in [9.17, 15) is 4.79 Å². The van der Waals surface area contributed by atoms with Crippen molar-refractivity contribution in [1.82, 2.24) is 19.7 Å². The van der Waals surface area contributed by atoms with Gasteiger partial charge in [-0.3, -0.25) is 4.79 Å². The molecule has 31 heavy (non-hydrogen) atoms. The standard InChI is InChI=1S/C23H27N5O2S/c1-16(24)22-25-21(18-5-3-2-4-6-18)26-28(22)15-19(29)27-11-9-23(10-12-27)20-17(7-13-30-23)8-14-31-20/h2-6,8,14,16H,7,9-13,15,24H2,1H3/t16-/m0/s1. The first-order chi connectivity index (χ1) is 15.1. The smallest absolute Gasteiger partial charge is 0.244 e. The van der Waals surface area contributed by atoms with Crippen molar-refractivity contribution in [2.45, 2.75) is 44.4 Å². The van der Waals surface area contributed by atoms with E-state index in [1.807, 2.05) is 42.2 Å². The van der Waals surface area contributed by atoms with E-state index in [4.69, 9.17) is 10.5 Å². The fourth-order valence-electron chi connectivity index (χ4n) is 4.59. The van der Waals surface area contributed by atoms with E-state index in [0.29, 0.717) is 24.7 Å². The summed E-state index contributed by atoms with van der Waals surface area (Å²) in [6.45, 7) is 4.14. The molecule has 1 saturated heterocycles. The molecule has 5 rings (SSSR count). The summed E-state index contributed by atoms with van der Waals surface area (Å²) < 4.78 is 7.93. The molecule has 0 radical (unpaired) electrons. The van der Waals surface area contributed by atoms with E-state index in [1.165, 1.54) is 10.4 Å². The first-order valence-electron chi connectivity index (χ1n) is 10.8. The molecule has 0 unspecified atom stereocenters. The molecule has 1 atom stereocenters. The van der Waals surface area contributed by atoms with Crippen molar-refractivity contribution in [2.75, 3.05) is 19.7 Å². The van der Waals surface area contributed by atoms with Crippen LogP contribution in [-0.4, -0.2) is 45.3 Å². The summed E-state index contributed by atoms with van der Waals surface area (Å²) in [5, 5.41) is 6.75. The van der Waals surface area contributed by atoms with Gasteiger partial charge in [0.2, 0.25) is 5.91 Å². The molecule has 2 aromatic heterocycles. The minimum absolute atomic E-state index is 0.0449. The molecule has 4 heterocycles. The van der Waals surface area contributed by atoms with Crippen LogP contribution in [0.25, 0.3) is 11.4 Å². The Bertz CT molecular complexity index is 1070. The molecule has 0 aliphatic carbocycles. The Morgan fingerprint density at radius 2 is 2.03 bits per heavy atom. The SMILES string of the molecule is C[C@H](N)c1nc(-c2ccccc2)nn1CC(=O)N1CCC2(CC1)OCCc1ccsc12. The molecule has 8 heteroatoms. The number of nitrogens with zero attached hydrogens (tertiary/aromatic N) is 4. The molecule has 2 aliphatic rings. The van der Waals surface area contributed by atoms with Gasteiger partial charge in [-0.1, -0.05) is 30.3 Å². The van der Waals surface area contributed by atoms with Crippen molar-refractivity contribution >= 4 is 17.2 Å². The predicted molar refractivity (Wildman–Crippen MR) is 120 cm³/mol. The Balaban J connectivity index is 1.30. The summed E-state index contributed by atoms with van der Waals surface area (Å²) >= 11 is 1.78. The number of carbonyl (C=O) groups excluding carboxylic acids is 1. The lowest BCUT2D eigenvalue weighted by Crippen LogP contribution is -2.48. The maximum absolute atomic E-state index is 13.1. The van der Waals surface area contributed by atoms with E-state index < -0.39 is 0 Å². The highest BCUT2D eigenvalue weighted by molar-refractivity contribution is 7.10. The normalized spacial score (nSPS) is 18.7. The molecule has 1 amide bonds. The molecule has 0 bridgehead atoms. The molecule has 7 nitrogen and oxygen atoms in total. The van der Waals surface area contributed by atoms with Crippen LogP contribution in [0.15, 0.2) is 41.8 Å². The average Bonchev–Trinajstić information content (AvgIpc) is 3.43. The number of hydrogen-bond donors (Lipinski definition) is 1. The molecule has 1 spiro atoms. The third-order valence-corrected chi connectivity index (χ3v) is 7.40. The molecule has 2 aliphatic heterocycles. The Labute approximate surface area is 185 Å². The molecule has 162 valence electrons. The van der Waals surface area contributed by atoms with Gasteiger partial charge in [-0.05, 0) is 43.2 Å². The third kappa shape index (κ3) is 3.79. The van der Waals surface area contributed by atoms with E-state index in [1.54, 1.807) is 16.0 Å². The summed E-state index contributed by atoms with van der Waals surface area (Å²) in [6.07, 6.45) is 2.65. The summed E-state index contributed by atoms with van der Waals surface area (Å²) in [7, 11) is 0. The first-order valence-corrected chi connectivity index (χ1v) is 11.7. The summed E-state index contributed by atoms with van der Waals surface area (Å²) in [5.74, 6) is 1.27. The minimum atomic E-state index is -0.310. The van der Waals surface area contributed by atoms with Gasteiger partial charge >= 0.3 is 0 Å². The molecule has 2 N–H and O–H groups in total. The number of thiophene rings is 1. The van der Waals surface area contributed by atoms with Gasteiger partial charge < -0.3 is 15.4 Å². The van der Waals surface area contributed by atoms with Crippen LogP contribution in [0.1, 0.15) is 42.1 Å². The van der Waals surface area contributed by atoms with Crippen LogP contribution in [0.4, 0.5) is 0 Å².